The summed E-state index contributed by atoms with van der Waals surface area (Å²) < 4.78 is 66.8. The van der Waals surface area contributed by atoms with E-state index in [9.17, 15) is 22.4 Å². The molecule has 43 heavy (non-hydrogen) atoms. The summed E-state index contributed by atoms with van der Waals surface area (Å²) in [6, 6.07) is 9.74. The Kier molecular flexibility index (Phi) is 9.32. The van der Waals surface area contributed by atoms with Crippen molar-refractivity contribution < 1.29 is 36.9 Å². The second-order valence-electron chi connectivity index (χ2n) is 10.8. The molecule has 1 saturated carbocycles. The molecule has 0 bridgehead atoms. The molecule has 1 aliphatic heterocycles. The Balaban J connectivity index is 1.33. The second-order valence-corrected chi connectivity index (χ2v) is 10.8. The van der Waals surface area contributed by atoms with E-state index in [1.807, 2.05) is 6.07 Å². The molecule has 12 heteroatoms. The molecule has 0 atom stereocenters. The standard InChI is InChI=1S/C31H34F4N4O4/c1-42-29-17-23(30(40)41)25(32)18-27(29)36-11-3-4-22-16-24-26(5-2-6-28(24)39(22)19-31(33,34)35)37-20-7-9-21(10-8-20)38-12-14-43-15-13-38/h2,5-6,16-18,20-21,36-37H,7-15,19H2,1H3,(H,40,41). The maximum absolute atomic E-state index is 14.2. The smallest absolute Gasteiger partial charge is 0.406 e. The minimum Gasteiger partial charge on any atom is -0.495 e. The van der Waals surface area contributed by atoms with Gasteiger partial charge in [-0.05, 0) is 55.9 Å². The van der Waals surface area contributed by atoms with Gasteiger partial charge >= 0.3 is 12.1 Å². The minimum absolute atomic E-state index is 0.0484. The highest BCUT2D eigenvalue weighted by atomic mass is 19.4. The average molecular weight is 603 g/mol. The Hall–Kier alpha value is -3.95. The summed E-state index contributed by atoms with van der Waals surface area (Å²) in [5.74, 6) is 3.34. The lowest BCUT2D eigenvalue weighted by Crippen LogP contribution is -2.46. The number of alkyl halides is 3. The number of aromatic nitrogens is 1. The number of hydrogen-bond acceptors (Lipinski definition) is 6. The quantitative estimate of drug-likeness (QED) is 0.230. The highest BCUT2D eigenvalue weighted by Crippen LogP contribution is 2.33. The highest BCUT2D eigenvalue weighted by Gasteiger charge is 2.31. The first-order valence-corrected chi connectivity index (χ1v) is 14.2. The van der Waals surface area contributed by atoms with Crippen molar-refractivity contribution in [2.75, 3.05) is 50.6 Å². The Bertz CT molecular complexity index is 1510. The number of carboxylic acid groups (broad SMARTS) is 1. The number of rotatable bonds is 8. The second kappa shape index (κ2) is 13.1. The molecule has 0 radical (unpaired) electrons. The van der Waals surface area contributed by atoms with Gasteiger partial charge in [-0.1, -0.05) is 12.0 Å². The molecule has 1 saturated heterocycles. The number of benzene rings is 2. The number of nitrogens with zero attached hydrogens (tertiary/aromatic N) is 2. The van der Waals surface area contributed by atoms with Crippen molar-refractivity contribution in [2.24, 2.45) is 0 Å². The zero-order chi connectivity index (χ0) is 30.6. The number of morpholine rings is 1. The SMILES string of the molecule is COc1cc(C(=O)O)c(F)cc1NCC#Cc1cc2c(NC3CCC(N4CCOCC4)CC3)cccc2n1CC(F)(F)F. The van der Waals surface area contributed by atoms with Crippen LogP contribution in [0, 0.1) is 17.7 Å². The van der Waals surface area contributed by atoms with Gasteiger partial charge < -0.3 is 29.8 Å². The summed E-state index contributed by atoms with van der Waals surface area (Å²) in [4.78, 5) is 13.7. The molecule has 0 spiro atoms. The van der Waals surface area contributed by atoms with E-state index in [2.05, 4.69) is 27.4 Å². The molecule has 2 fully saturated rings. The number of methoxy groups -OCH3 is 1. The third-order valence-corrected chi connectivity index (χ3v) is 8.00. The lowest BCUT2D eigenvalue weighted by atomic mass is 9.89. The fraction of sp³-hybridized carbons (Fsp3) is 0.452. The van der Waals surface area contributed by atoms with Gasteiger partial charge in [-0.3, -0.25) is 4.90 Å². The highest BCUT2D eigenvalue weighted by molar-refractivity contribution is 5.94. The van der Waals surface area contributed by atoms with Crippen LogP contribution < -0.4 is 15.4 Å². The Morgan fingerprint density at radius 3 is 2.53 bits per heavy atom. The summed E-state index contributed by atoms with van der Waals surface area (Å²) in [5, 5.41) is 16.2. The van der Waals surface area contributed by atoms with E-state index in [0.717, 1.165) is 74.4 Å². The average Bonchev–Trinajstić information content (AvgIpc) is 3.32. The molecule has 1 aliphatic carbocycles. The van der Waals surface area contributed by atoms with E-state index < -0.39 is 30.1 Å². The number of carbonyl (C=O) groups is 1. The first-order chi connectivity index (χ1) is 20.6. The lowest BCUT2D eigenvalue weighted by molar-refractivity contribution is -0.140. The molecule has 0 amide bonds. The maximum atomic E-state index is 14.2. The summed E-state index contributed by atoms with van der Waals surface area (Å²) in [6.07, 6.45) is -0.409. The van der Waals surface area contributed by atoms with Crippen molar-refractivity contribution >= 4 is 28.2 Å². The van der Waals surface area contributed by atoms with Crippen molar-refractivity contribution in [3.63, 3.8) is 0 Å². The number of halogens is 4. The van der Waals surface area contributed by atoms with Crippen LogP contribution in [0.5, 0.6) is 5.75 Å². The van der Waals surface area contributed by atoms with E-state index >= 15 is 0 Å². The van der Waals surface area contributed by atoms with Crippen LogP contribution in [-0.2, 0) is 11.3 Å². The number of hydrogen-bond donors (Lipinski definition) is 3. The van der Waals surface area contributed by atoms with Gasteiger partial charge in [0.15, 0.2) is 0 Å². The molecule has 3 N–H and O–H groups in total. The number of carboxylic acids is 1. The molecule has 1 aromatic heterocycles. The first-order valence-electron chi connectivity index (χ1n) is 14.2. The van der Waals surface area contributed by atoms with Gasteiger partial charge in [-0.25, -0.2) is 9.18 Å². The third-order valence-electron chi connectivity index (χ3n) is 8.00. The molecule has 2 heterocycles. The molecule has 3 aromatic rings. The summed E-state index contributed by atoms with van der Waals surface area (Å²) in [5.41, 5.74) is 1.02. The molecular weight excluding hydrogens is 568 g/mol. The maximum Gasteiger partial charge on any atom is 0.406 e. The van der Waals surface area contributed by atoms with Gasteiger partial charge in [0.1, 0.15) is 18.1 Å². The van der Waals surface area contributed by atoms with E-state index in [1.54, 1.807) is 18.2 Å². The predicted octanol–water partition coefficient (Wildman–Crippen LogP) is 5.57. The van der Waals surface area contributed by atoms with Gasteiger partial charge in [0.05, 0.1) is 49.3 Å². The lowest BCUT2D eigenvalue weighted by Gasteiger charge is -2.39. The van der Waals surface area contributed by atoms with Crippen molar-refractivity contribution in [1.29, 1.82) is 0 Å². The fourth-order valence-electron chi connectivity index (χ4n) is 5.91. The van der Waals surface area contributed by atoms with Crippen LogP contribution in [-0.4, -0.2) is 78.8 Å². The number of ether oxygens (including phenoxy) is 2. The van der Waals surface area contributed by atoms with Crippen LogP contribution in [0.1, 0.15) is 41.7 Å². The van der Waals surface area contributed by atoms with Gasteiger partial charge in [-0.2, -0.15) is 13.2 Å². The Labute approximate surface area is 246 Å². The van der Waals surface area contributed by atoms with E-state index in [1.165, 1.54) is 7.11 Å². The van der Waals surface area contributed by atoms with Crippen LogP contribution in [0.15, 0.2) is 36.4 Å². The molecule has 8 nitrogen and oxygen atoms in total. The molecule has 230 valence electrons. The minimum atomic E-state index is -4.46. The van der Waals surface area contributed by atoms with Crippen LogP contribution in [0.3, 0.4) is 0 Å². The molecule has 2 aliphatic rings. The van der Waals surface area contributed by atoms with Gasteiger partial charge in [0.25, 0.3) is 0 Å². The van der Waals surface area contributed by atoms with Crippen molar-refractivity contribution in [3.8, 4) is 17.6 Å². The van der Waals surface area contributed by atoms with E-state index in [0.29, 0.717) is 16.9 Å². The summed E-state index contributed by atoms with van der Waals surface area (Å²) in [6.45, 7) is 2.20. The van der Waals surface area contributed by atoms with Gasteiger partial charge in [0, 0.05) is 42.3 Å². The van der Waals surface area contributed by atoms with Crippen LogP contribution >= 0.6 is 0 Å². The first kappa shape index (κ1) is 30.5. The van der Waals surface area contributed by atoms with Gasteiger partial charge in [-0.15, -0.1) is 0 Å². The third kappa shape index (κ3) is 7.35. The molecule has 2 aromatic carbocycles. The fourth-order valence-corrected chi connectivity index (χ4v) is 5.91. The van der Waals surface area contributed by atoms with Crippen molar-refractivity contribution in [2.45, 2.75) is 50.5 Å². The number of nitrogens with one attached hydrogen (secondary N) is 2. The summed E-state index contributed by atoms with van der Waals surface area (Å²) >= 11 is 0. The molecular formula is C31H34F4N4O4. The topological polar surface area (TPSA) is 88.0 Å². The normalized spacial score (nSPS) is 19.5. The van der Waals surface area contributed by atoms with Gasteiger partial charge in [0.2, 0.25) is 0 Å². The van der Waals surface area contributed by atoms with Crippen molar-refractivity contribution in [1.82, 2.24) is 9.47 Å². The molecule has 0 unspecified atom stereocenters. The largest absolute Gasteiger partial charge is 0.495 e. The van der Waals surface area contributed by atoms with Crippen LogP contribution in [0.2, 0.25) is 0 Å². The Morgan fingerprint density at radius 1 is 1.12 bits per heavy atom. The zero-order valence-electron chi connectivity index (χ0n) is 23.8. The monoisotopic (exact) mass is 602 g/mol. The number of aromatic carboxylic acids is 1. The van der Waals surface area contributed by atoms with Crippen LogP contribution in [0.4, 0.5) is 28.9 Å². The molecule has 5 rings (SSSR count). The van der Waals surface area contributed by atoms with E-state index in [-0.39, 0.29) is 29.7 Å². The number of fused-ring (bicyclic) bond motifs is 1. The van der Waals surface area contributed by atoms with Crippen molar-refractivity contribution in [3.05, 3.63) is 53.5 Å². The van der Waals surface area contributed by atoms with E-state index in [4.69, 9.17) is 14.6 Å². The van der Waals surface area contributed by atoms with Crippen LogP contribution in [0.25, 0.3) is 10.9 Å². The predicted molar refractivity (Wildman–Crippen MR) is 155 cm³/mol. The number of anilines is 2. The Morgan fingerprint density at radius 2 is 1.86 bits per heavy atom. The summed E-state index contributed by atoms with van der Waals surface area (Å²) in [7, 11) is 1.31. The zero-order valence-corrected chi connectivity index (χ0v) is 23.8.